The Morgan fingerprint density at radius 1 is 1.04 bits per heavy atom. The van der Waals surface area contributed by atoms with Crippen molar-refractivity contribution < 1.29 is 29.3 Å². The van der Waals surface area contributed by atoms with E-state index >= 15 is 0 Å². The van der Waals surface area contributed by atoms with Crippen molar-refractivity contribution in [1.82, 2.24) is 29.8 Å². The van der Waals surface area contributed by atoms with Crippen molar-refractivity contribution >= 4 is 24.7 Å². The van der Waals surface area contributed by atoms with E-state index < -0.39 is 23.1 Å². The van der Waals surface area contributed by atoms with E-state index in [1.807, 2.05) is 4.90 Å². The molecule has 5 aliphatic rings. The fourth-order valence-corrected chi connectivity index (χ4v) is 8.87. The third-order valence-electron chi connectivity index (χ3n) is 11.6. The first kappa shape index (κ1) is 31.6. The lowest BCUT2D eigenvalue weighted by Gasteiger charge is -2.48. The summed E-state index contributed by atoms with van der Waals surface area (Å²) in [7, 11) is 8.59. The summed E-state index contributed by atoms with van der Waals surface area (Å²) in [4.78, 5) is 14.4. The summed E-state index contributed by atoms with van der Waals surface area (Å²) in [5, 5.41) is 44.9. The molecule has 1 aliphatic carbocycles. The van der Waals surface area contributed by atoms with Crippen LogP contribution in [0.4, 0.5) is 5.82 Å². The Bertz CT molecular complexity index is 1650. The number of hydrogen-bond donors (Lipinski definition) is 3. The highest BCUT2D eigenvalue weighted by atomic mass is 16.7. The molecule has 3 fully saturated rings. The first-order chi connectivity index (χ1) is 22.6. The Labute approximate surface area is 276 Å². The zero-order valence-corrected chi connectivity index (χ0v) is 27.7. The van der Waals surface area contributed by atoms with Crippen LogP contribution in [0.2, 0.25) is 0 Å². The van der Waals surface area contributed by atoms with Crippen LogP contribution >= 0.6 is 0 Å². The van der Waals surface area contributed by atoms with E-state index in [0.29, 0.717) is 61.1 Å². The first-order valence-electron chi connectivity index (χ1n) is 17.5. The third-order valence-corrected chi connectivity index (χ3v) is 11.6. The quantitative estimate of drug-likeness (QED) is 0.255. The maximum Gasteiger partial charge on any atom is 0.210 e. The lowest BCUT2D eigenvalue weighted by molar-refractivity contribution is -0.263. The molecule has 47 heavy (non-hydrogen) atoms. The third kappa shape index (κ3) is 4.80. The van der Waals surface area contributed by atoms with Crippen LogP contribution in [-0.2, 0) is 27.9 Å². The Hall–Kier alpha value is -2.62. The molecule has 4 unspecified atom stereocenters. The first-order valence-corrected chi connectivity index (χ1v) is 17.5. The highest BCUT2D eigenvalue weighted by molar-refractivity contribution is 6.17. The van der Waals surface area contributed by atoms with Gasteiger partial charge in [0.2, 0.25) is 5.79 Å². The summed E-state index contributed by atoms with van der Waals surface area (Å²) >= 11 is 0. The van der Waals surface area contributed by atoms with Gasteiger partial charge in [0.25, 0.3) is 0 Å². The van der Waals surface area contributed by atoms with Crippen molar-refractivity contribution in [3.8, 4) is 11.5 Å². The highest BCUT2D eigenvalue weighted by Gasteiger charge is 2.59. The monoisotopic (exact) mass is 647 g/mol. The van der Waals surface area contributed by atoms with Gasteiger partial charge in [-0.15, -0.1) is 0 Å². The predicted molar refractivity (Wildman–Crippen MR) is 173 cm³/mol. The number of unbranched alkanes of at least 4 members (excludes halogenated alkanes) is 1. The van der Waals surface area contributed by atoms with Gasteiger partial charge < -0.3 is 39.1 Å². The Morgan fingerprint density at radius 2 is 1.85 bits per heavy atom. The molecule has 0 saturated carbocycles. The summed E-state index contributed by atoms with van der Waals surface area (Å²) in [6.07, 6.45) is 8.57. The lowest BCUT2D eigenvalue weighted by Crippen LogP contribution is -2.65. The van der Waals surface area contributed by atoms with Gasteiger partial charge in [-0.3, -0.25) is 0 Å². The molecule has 7 heterocycles. The predicted octanol–water partition coefficient (Wildman–Crippen LogP) is 2.54. The molecule has 8 rings (SSSR count). The van der Waals surface area contributed by atoms with Crippen LogP contribution < -0.4 is 4.90 Å². The van der Waals surface area contributed by atoms with Crippen LogP contribution in [0, 0.1) is 5.92 Å². The molecule has 13 nitrogen and oxygen atoms in total. The number of likely N-dealkylation sites (tertiary alicyclic amines) is 1. The van der Waals surface area contributed by atoms with E-state index in [4.69, 9.17) is 36.9 Å². The second-order valence-corrected chi connectivity index (χ2v) is 14.7. The van der Waals surface area contributed by atoms with Crippen LogP contribution in [0.15, 0.2) is 4.52 Å². The van der Waals surface area contributed by atoms with Crippen molar-refractivity contribution in [3.63, 3.8) is 0 Å². The fraction of sp³-hybridized carbons (Fsp3) is 0.758. The van der Waals surface area contributed by atoms with Crippen molar-refractivity contribution in [1.29, 1.82) is 0 Å². The van der Waals surface area contributed by atoms with E-state index in [0.717, 1.165) is 75.7 Å². The number of aliphatic hydroxyl groups is 3. The molecule has 252 valence electrons. The Kier molecular flexibility index (Phi) is 7.73. The molecule has 5 atom stereocenters. The van der Waals surface area contributed by atoms with E-state index in [1.54, 1.807) is 4.68 Å². The SMILES string of the molecule is [B]C1(O)c2nn(CC3CCCN3C)c3nc(-c4noc5c4CCCC5C4(CCCC)OCCO4)nc(c23)N2CC(C)CC[C@@H]2C1(O)O. The number of anilines is 1. The molecule has 3 N–H and O–H groups in total. The molecule has 3 aromatic heterocycles. The summed E-state index contributed by atoms with van der Waals surface area (Å²) in [6.45, 7) is 7.38. The van der Waals surface area contributed by atoms with Crippen LogP contribution in [-0.4, -0.2) is 110 Å². The van der Waals surface area contributed by atoms with Crippen LogP contribution in [0.5, 0.6) is 0 Å². The molecule has 0 amide bonds. The molecule has 0 aromatic carbocycles. The summed E-state index contributed by atoms with van der Waals surface area (Å²) < 4.78 is 20.6. The highest BCUT2D eigenvalue weighted by Crippen LogP contribution is 2.50. The Balaban J connectivity index is 1.31. The average Bonchev–Trinajstić information content (AvgIpc) is 3.86. The van der Waals surface area contributed by atoms with Gasteiger partial charge in [0.15, 0.2) is 23.0 Å². The minimum atomic E-state index is -2.70. The lowest BCUT2D eigenvalue weighted by atomic mass is 9.68. The molecule has 4 aliphatic heterocycles. The van der Waals surface area contributed by atoms with E-state index in [9.17, 15) is 15.3 Å². The van der Waals surface area contributed by atoms with E-state index in [1.165, 1.54) is 0 Å². The zero-order valence-electron chi connectivity index (χ0n) is 27.7. The summed E-state index contributed by atoms with van der Waals surface area (Å²) in [5.41, 5.74) is -0.601. The summed E-state index contributed by atoms with van der Waals surface area (Å²) in [6, 6.07) is -0.711. The Morgan fingerprint density at radius 3 is 2.60 bits per heavy atom. The molecular formula is C33H46BN7O6. The standard InChI is InChI=1S/C33H46BN7O6/c1-4-5-13-31(45-15-16-46-31)22-10-6-9-21-25(38-47-26(21)22)28-35-29-24-27(37-41(30(24)36-28)18-20-8-7-14-39(20)3)32(34,42)33(43,44)23-12-11-19(2)17-40(23)29/h19-20,22-23,42-44H,4-18H2,1-3H3/t19?,20?,22?,23-,32?/m1/s1. The van der Waals surface area contributed by atoms with Gasteiger partial charge in [-0.25, -0.2) is 14.6 Å². The number of aromatic nitrogens is 5. The molecular weight excluding hydrogens is 601 g/mol. The van der Waals surface area contributed by atoms with Gasteiger partial charge in [-0.1, -0.05) is 25.4 Å². The molecule has 3 aromatic rings. The number of rotatable bonds is 7. The largest absolute Gasteiger partial charge is 0.388 e. The second-order valence-electron chi connectivity index (χ2n) is 14.7. The van der Waals surface area contributed by atoms with Gasteiger partial charge in [0.1, 0.15) is 30.6 Å². The number of nitrogens with zero attached hydrogens (tertiary/aromatic N) is 7. The molecule has 3 saturated heterocycles. The number of likely N-dealkylation sites (N-methyl/N-ethyl adjacent to an activating group) is 1. The maximum atomic E-state index is 11.8. The van der Waals surface area contributed by atoms with Gasteiger partial charge in [0, 0.05) is 24.6 Å². The van der Waals surface area contributed by atoms with Crippen LogP contribution in [0.3, 0.4) is 0 Å². The van der Waals surface area contributed by atoms with E-state index in [-0.39, 0.29) is 23.6 Å². The smallest absolute Gasteiger partial charge is 0.210 e. The number of fused-ring (bicyclic) bond motifs is 3. The fourth-order valence-electron chi connectivity index (χ4n) is 8.87. The molecule has 2 radical (unpaired) electrons. The molecule has 0 bridgehead atoms. The van der Waals surface area contributed by atoms with E-state index in [2.05, 4.69) is 31.0 Å². The molecule has 14 heteroatoms. The normalized spacial score (nSPS) is 31.7. The molecule has 0 spiro atoms. The zero-order chi connectivity index (χ0) is 32.7. The van der Waals surface area contributed by atoms with Crippen molar-refractivity contribution in [2.24, 2.45) is 5.92 Å². The second kappa shape index (κ2) is 11.5. The maximum absolute atomic E-state index is 11.8. The number of piperidine rings is 1. The summed E-state index contributed by atoms with van der Waals surface area (Å²) in [5.74, 6) is -1.65. The number of hydrogen-bond acceptors (Lipinski definition) is 12. The van der Waals surface area contributed by atoms with Gasteiger partial charge in [-0.05, 0) is 70.9 Å². The van der Waals surface area contributed by atoms with Crippen LogP contribution in [0.1, 0.15) is 94.6 Å². The topological polar surface area (TPSA) is 155 Å². The van der Waals surface area contributed by atoms with Crippen molar-refractivity contribution in [2.45, 2.75) is 120 Å². The van der Waals surface area contributed by atoms with Gasteiger partial charge in [0.05, 0.1) is 37.1 Å². The number of ether oxygens (including phenoxy) is 2. The average molecular weight is 648 g/mol. The van der Waals surface area contributed by atoms with Crippen molar-refractivity contribution in [3.05, 3.63) is 17.0 Å². The van der Waals surface area contributed by atoms with Crippen molar-refractivity contribution in [2.75, 3.05) is 38.3 Å². The van der Waals surface area contributed by atoms with Gasteiger partial charge in [-0.2, -0.15) is 5.10 Å². The van der Waals surface area contributed by atoms with Crippen LogP contribution in [0.25, 0.3) is 22.6 Å². The minimum Gasteiger partial charge on any atom is -0.388 e. The minimum absolute atomic E-state index is 0.0302. The van der Waals surface area contributed by atoms with Gasteiger partial charge >= 0.3 is 0 Å².